The summed E-state index contributed by atoms with van der Waals surface area (Å²) in [5.41, 5.74) is 6.93. The van der Waals surface area contributed by atoms with E-state index in [-0.39, 0.29) is 30.3 Å². The number of hydrogen-bond acceptors (Lipinski definition) is 3. The second-order valence-electron chi connectivity index (χ2n) is 5.82. The van der Waals surface area contributed by atoms with E-state index in [9.17, 15) is 4.79 Å². The molecule has 0 spiro atoms. The third-order valence-electron chi connectivity index (χ3n) is 4.26. The van der Waals surface area contributed by atoms with Gasteiger partial charge in [0.05, 0.1) is 18.6 Å². The fraction of sp³-hybridized carbons (Fsp3) is 0.389. The van der Waals surface area contributed by atoms with Crippen molar-refractivity contribution in [2.45, 2.75) is 18.9 Å². The number of fused-ring (bicyclic) bond motifs is 1. The number of benzene rings is 2. The van der Waals surface area contributed by atoms with Gasteiger partial charge in [-0.2, -0.15) is 0 Å². The SMILES string of the molecule is Cl.NCC(NC(=O)C1CCCOC1)c1ccc2ccccc2c1. The van der Waals surface area contributed by atoms with Gasteiger partial charge in [0, 0.05) is 13.2 Å². The van der Waals surface area contributed by atoms with Crippen molar-refractivity contribution in [2.75, 3.05) is 19.8 Å². The highest BCUT2D eigenvalue weighted by Crippen LogP contribution is 2.21. The third kappa shape index (κ3) is 4.22. The molecule has 1 amide bonds. The summed E-state index contributed by atoms with van der Waals surface area (Å²) in [6.45, 7) is 1.66. The van der Waals surface area contributed by atoms with Crippen LogP contribution in [-0.2, 0) is 9.53 Å². The fourth-order valence-electron chi connectivity index (χ4n) is 2.94. The summed E-state index contributed by atoms with van der Waals surface area (Å²) in [5.74, 6) is -0.00781. The van der Waals surface area contributed by atoms with Crippen LogP contribution >= 0.6 is 12.4 Å². The van der Waals surface area contributed by atoms with Crippen molar-refractivity contribution in [1.82, 2.24) is 5.32 Å². The topological polar surface area (TPSA) is 64.3 Å². The van der Waals surface area contributed by atoms with Gasteiger partial charge in [-0.05, 0) is 35.2 Å². The van der Waals surface area contributed by atoms with Gasteiger partial charge < -0.3 is 15.8 Å². The Morgan fingerprint density at radius 1 is 1.26 bits per heavy atom. The van der Waals surface area contributed by atoms with Crippen molar-refractivity contribution < 1.29 is 9.53 Å². The van der Waals surface area contributed by atoms with Crippen molar-refractivity contribution >= 4 is 29.1 Å². The van der Waals surface area contributed by atoms with Crippen molar-refractivity contribution in [3.8, 4) is 0 Å². The van der Waals surface area contributed by atoms with Crippen molar-refractivity contribution in [3.63, 3.8) is 0 Å². The molecule has 4 nitrogen and oxygen atoms in total. The van der Waals surface area contributed by atoms with Crippen LogP contribution in [0.5, 0.6) is 0 Å². The lowest BCUT2D eigenvalue weighted by Crippen LogP contribution is -2.40. The number of carbonyl (C=O) groups is 1. The third-order valence-corrected chi connectivity index (χ3v) is 4.26. The van der Waals surface area contributed by atoms with E-state index in [2.05, 4.69) is 29.6 Å². The molecule has 3 N–H and O–H groups in total. The van der Waals surface area contributed by atoms with E-state index in [1.165, 1.54) is 5.39 Å². The molecule has 0 saturated carbocycles. The molecule has 1 heterocycles. The monoisotopic (exact) mass is 334 g/mol. The number of carbonyl (C=O) groups excluding carboxylic acids is 1. The highest BCUT2D eigenvalue weighted by atomic mass is 35.5. The lowest BCUT2D eigenvalue weighted by atomic mass is 9.98. The van der Waals surface area contributed by atoms with Crippen molar-refractivity contribution in [3.05, 3.63) is 48.0 Å². The molecule has 1 saturated heterocycles. The van der Waals surface area contributed by atoms with E-state index in [1.807, 2.05) is 18.2 Å². The smallest absolute Gasteiger partial charge is 0.225 e. The molecule has 2 aromatic rings. The Bertz CT molecular complexity index is 656. The number of nitrogens with two attached hydrogens (primary N) is 1. The number of halogens is 1. The maximum atomic E-state index is 12.4. The summed E-state index contributed by atoms with van der Waals surface area (Å²) in [6, 6.07) is 14.2. The highest BCUT2D eigenvalue weighted by molar-refractivity contribution is 5.85. The van der Waals surface area contributed by atoms with E-state index < -0.39 is 0 Å². The van der Waals surface area contributed by atoms with Gasteiger partial charge in [0.1, 0.15) is 0 Å². The minimum Gasteiger partial charge on any atom is -0.381 e. The summed E-state index contributed by atoms with van der Waals surface area (Å²) >= 11 is 0. The Balaban J connectivity index is 0.00000192. The molecule has 2 aromatic carbocycles. The second-order valence-corrected chi connectivity index (χ2v) is 5.82. The van der Waals surface area contributed by atoms with Crippen LogP contribution in [0.15, 0.2) is 42.5 Å². The molecular weight excluding hydrogens is 312 g/mol. The van der Waals surface area contributed by atoms with Crippen LogP contribution in [0.4, 0.5) is 0 Å². The van der Waals surface area contributed by atoms with Gasteiger partial charge in [0.2, 0.25) is 5.91 Å². The average Bonchev–Trinajstić information content (AvgIpc) is 2.59. The molecule has 0 bridgehead atoms. The van der Waals surface area contributed by atoms with Gasteiger partial charge in [-0.3, -0.25) is 4.79 Å². The number of hydrogen-bond donors (Lipinski definition) is 2. The van der Waals surface area contributed by atoms with Crippen LogP contribution in [0.3, 0.4) is 0 Å². The van der Waals surface area contributed by atoms with E-state index in [0.29, 0.717) is 13.2 Å². The number of ether oxygens (including phenoxy) is 1. The largest absolute Gasteiger partial charge is 0.381 e. The normalized spacial score (nSPS) is 18.9. The molecule has 0 radical (unpaired) electrons. The summed E-state index contributed by atoms with van der Waals surface area (Å²) in [7, 11) is 0. The lowest BCUT2D eigenvalue weighted by molar-refractivity contribution is -0.129. The zero-order valence-corrected chi connectivity index (χ0v) is 13.9. The fourth-order valence-corrected chi connectivity index (χ4v) is 2.94. The maximum absolute atomic E-state index is 12.4. The molecule has 3 rings (SSSR count). The molecule has 2 atom stereocenters. The van der Waals surface area contributed by atoms with Crippen LogP contribution < -0.4 is 11.1 Å². The Morgan fingerprint density at radius 2 is 2.04 bits per heavy atom. The predicted molar refractivity (Wildman–Crippen MR) is 94.7 cm³/mol. The second kappa shape index (κ2) is 8.29. The van der Waals surface area contributed by atoms with E-state index in [0.717, 1.165) is 30.4 Å². The Labute approximate surface area is 142 Å². The Morgan fingerprint density at radius 3 is 2.74 bits per heavy atom. The minimum atomic E-state index is -0.154. The summed E-state index contributed by atoms with van der Waals surface area (Å²) < 4.78 is 5.39. The zero-order valence-electron chi connectivity index (χ0n) is 13.0. The molecule has 23 heavy (non-hydrogen) atoms. The minimum absolute atomic E-state index is 0. The van der Waals surface area contributed by atoms with Crippen LogP contribution in [0.1, 0.15) is 24.4 Å². The van der Waals surface area contributed by atoms with Crippen LogP contribution in [0.2, 0.25) is 0 Å². The summed E-state index contributed by atoms with van der Waals surface area (Å²) in [5, 5.41) is 5.42. The predicted octanol–water partition coefficient (Wildman–Crippen LogP) is 2.80. The summed E-state index contributed by atoms with van der Waals surface area (Å²) in [6.07, 6.45) is 1.84. The van der Waals surface area contributed by atoms with E-state index in [4.69, 9.17) is 10.5 Å². The number of rotatable bonds is 4. The first-order valence-corrected chi connectivity index (χ1v) is 7.85. The van der Waals surface area contributed by atoms with Crippen molar-refractivity contribution in [1.29, 1.82) is 0 Å². The van der Waals surface area contributed by atoms with Gasteiger partial charge in [-0.15, -0.1) is 12.4 Å². The number of nitrogens with one attached hydrogen (secondary N) is 1. The highest BCUT2D eigenvalue weighted by Gasteiger charge is 2.24. The van der Waals surface area contributed by atoms with Crippen LogP contribution in [-0.4, -0.2) is 25.7 Å². The summed E-state index contributed by atoms with van der Waals surface area (Å²) in [4.78, 5) is 12.4. The van der Waals surface area contributed by atoms with Gasteiger partial charge in [-0.25, -0.2) is 0 Å². The average molecular weight is 335 g/mol. The van der Waals surface area contributed by atoms with Crippen LogP contribution in [0, 0.1) is 5.92 Å². The van der Waals surface area contributed by atoms with E-state index in [1.54, 1.807) is 0 Å². The molecule has 2 unspecified atom stereocenters. The van der Waals surface area contributed by atoms with E-state index >= 15 is 0 Å². The Kier molecular flexibility index (Phi) is 6.39. The first-order chi connectivity index (χ1) is 10.8. The molecule has 0 aromatic heterocycles. The van der Waals surface area contributed by atoms with Crippen molar-refractivity contribution in [2.24, 2.45) is 11.7 Å². The standard InChI is InChI=1S/C18H22N2O2.ClH/c19-11-17(20-18(21)16-6-3-9-22-12-16)15-8-7-13-4-1-2-5-14(13)10-15;/h1-2,4-5,7-8,10,16-17H,3,6,9,11-12,19H2,(H,20,21);1H. The molecule has 1 aliphatic rings. The quantitative estimate of drug-likeness (QED) is 0.903. The zero-order chi connectivity index (χ0) is 15.4. The van der Waals surface area contributed by atoms with Gasteiger partial charge in [0.15, 0.2) is 0 Å². The van der Waals surface area contributed by atoms with Gasteiger partial charge >= 0.3 is 0 Å². The number of amides is 1. The van der Waals surface area contributed by atoms with Gasteiger partial charge in [0.25, 0.3) is 0 Å². The lowest BCUT2D eigenvalue weighted by Gasteiger charge is -2.25. The molecule has 0 aliphatic carbocycles. The van der Waals surface area contributed by atoms with Crippen LogP contribution in [0.25, 0.3) is 10.8 Å². The molecule has 124 valence electrons. The van der Waals surface area contributed by atoms with Gasteiger partial charge in [-0.1, -0.05) is 36.4 Å². The first kappa shape index (κ1) is 17.7. The Hall–Kier alpha value is -1.62. The molecule has 1 aliphatic heterocycles. The maximum Gasteiger partial charge on any atom is 0.225 e. The first-order valence-electron chi connectivity index (χ1n) is 7.85. The molecular formula is C18H23ClN2O2. The molecule has 1 fully saturated rings. The molecule has 5 heteroatoms.